The summed E-state index contributed by atoms with van der Waals surface area (Å²) in [5.74, 6) is 0. The van der Waals surface area contributed by atoms with Gasteiger partial charge in [-0.15, -0.1) is 24.8 Å². The van der Waals surface area contributed by atoms with Crippen LogP contribution in [0.1, 0.15) is 5.56 Å². The molecule has 0 spiro atoms. The van der Waals surface area contributed by atoms with E-state index in [9.17, 15) is 8.42 Å². The summed E-state index contributed by atoms with van der Waals surface area (Å²) >= 11 is 0. The van der Waals surface area contributed by atoms with Crippen LogP contribution in [-0.4, -0.2) is 52.6 Å². The fraction of sp³-hybridized carbons (Fsp3) is 0.538. The molecule has 0 aromatic heterocycles. The smallest absolute Gasteiger partial charge is 0.240 e. The molecular formula is C13H23Cl2N3O2S. The molecule has 1 saturated heterocycles. The minimum Gasteiger partial charge on any atom is -0.314 e. The van der Waals surface area contributed by atoms with Crippen LogP contribution in [0.4, 0.5) is 0 Å². The van der Waals surface area contributed by atoms with Crippen molar-refractivity contribution >= 4 is 34.8 Å². The lowest BCUT2D eigenvalue weighted by Gasteiger charge is -2.27. The van der Waals surface area contributed by atoms with Gasteiger partial charge in [0.25, 0.3) is 0 Å². The molecule has 1 heterocycles. The van der Waals surface area contributed by atoms with Crippen LogP contribution in [0.3, 0.4) is 0 Å². The van der Waals surface area contributed by atoms with E-state index in [-0.39, 0.29) is 24.8 Å². The largest absolute Gasteiger partial charge is 0.314 e. The van der Waals surface area contributed by atoms with Gasteiger partial charge in [-0.25, -0.2) is 13.1 Å². The van der Waals surface area contributed by atoms with Gasteiger partial charge in [0.05, 0.1) is 4.90 Å². The molecule has 1 aliphatic heterocycles. The van der Waals surface area contributed by atoms with Crippen LogP contribution >= 0.6 is 24.8 Å². The van der Waals surface area contributed by atoms with Crippen LogP contribution in [0.2, 0.25) is 0 Å². The van der Waals surface area contributed by atoms with Crippen LogP contribution in [-0.2, 0) is 10.0 Å². The number of aryl methyl sites for hydroxylation is 1. The molecule has 21 heavy (non-hydrogen) atoms. The van der Waals surface area contributed by atoms with E-state index >= 15 is 0 Å². The second-order valence-corrected chi connectivity index (χ2v) is 6.49. The fourth-order valence-corrected chi connectivity index (χ4v) is 3.47. The topological polar surface area (TPSA) is 61.4 Å². The van der Waals surface area contributed by atoms with Gasteiger partial charge in [-0.3, -0.25) is 4.90 Å². The van der Waals surface area contributed by atoms with E-state index in [1.165, 1.54) is 0 Å². The molecule has 0 bridgehead atoms. The van der Waals surface area contributed by atoms with E-state index in [4.69, 9.17) is 0 Å². The van der Waals surface area contributed by atoms with Crippen molar-refractivity contribution in [1.29, 1.82) is 0 Å². The molecule has 1 aliphatic rings. The Hall–Kier alpha value is -0.370. The average Bonchev–Trinajstić information content (AvgIpc) is 2.40. The predicted octanol–water partition coefficient (Wildman–Crippen LogP) is 1.02. The van der Waals surface area contributed by atoms with E-state index in [1.807, 2.05) is 19.1 Å². The SMILES string of the molecule is Cc1ccccc1S(=O)(=O)NCCN1CCNCC1.Cl.Cl. The highest BCUT2D eigenvalue weighted by molar-refractivity contribution is 7.89. The Morgan fingerprint density at radius 3 is 2.43 bits per heavy atom. The van der Waals surface area contributed by atoms with Crippen molar-refractivity contribution in [3.63, 3.8) is 0 Å². The van der Waals surface area contributed by atoms with Gasteiger partial charge in [0, 0.05) is 39.3 Å². The normalized spacial score (nSPS) is 15.9. The van der Waals surface area contributed by atoms with E-state index in [1.54, 1.807) is 12.1 Å². The molecule has 0 radical (unpaired) electrons. The minimum atomic E-state index is -3.38. The van der Waals surface area contributed by atoms with Crippen molar-refractivity contribution in [3.8, 4) is 0 Å². The Balaban J connectivity index is 0.00000200. The Labute approximate surface area is 139 Å². The Morgan fingerprint density at radius 2 is 1.81 bits per heavy atom. The molecule has 2 rings (SSSR count). The summed E-state index contributed by atoms with van der Waals surface area (Å²) in [5, 5.41) is 3.27. The molecule has 0 aliphatic carbocycles. The van der Waals surface area contributed by atoms with Crippen LogP contribution < -0.4 is 10.0 Å². The van der Waals surface area contributed by atoms with Crippen molar-refractivity contribution < 1.29 is 8.42 Å². The molecule has 8 heteroatoms. The molecule has 0 unspecified atom stereocenters. The number of nitrogens with zero attached hydrogens (tertiary/aromatic N) is 1. The summed E-state index contributed by atoms with van der Waals surface area (Å²) in [6, 6.07) is 7.04. The molecule has 0 saturated carbocycles. The van der Waals surface area contributed by atoms with E-state index < -0.39 is 10.0 Å². The monoisotopic (exact) mass is 355 g/mol. The quantitative estimate of drug-likeness (QED) is 0.827. The number of rotatable bonds is 5. The van der Waals surface area contributed by atoms with Crippen LogP contribution in [0.15, 0.2) is 29.2 Å². The van der Waals surface area contributed by atoms with Crippen molar-refractivity contribution in [1.82, 2.24) is 14.9 Å². The third-order valence-corrected chi connectivity index (χ3v) is 4.93. The second-order valence-electron chi connectivity index (χ2n) is 4.75. The van der Waals surface area contributed by atoms with Gasteiger partial charge in [0.2, 0.25) is 10.0 Å². The molecular weight excluding hydrogens is 333 g/mol. The van der Waals surface area contributed by atoms with Crippen molar-refractivity contribution in [3.05, 3.63) is 29.8 Å². The first-order valence-corrected chi connectivity index (χ1v) is 8.06. The van der Waals surface area contributed by atoms with Crippen LogP contribution in [0.5, 0.6) is 0 Å². The lowest BCUT2D eigenvalue weighted by atomic mass is 10.2. The number of halogens is 2. The Bertz CT molecular complexity index is 520. The summed E-state index contributed by atoms with van der Waals surface area (Å²) < 4.78 is 27.0. The van der Waals surface area contributed by atoms with Gasteiger partial charge in [0.1, 0.15) is 0 Å². The number of nitrogens with one attached hydrogen (secondary N) is 2. The fourth-order valence-electron chi connectivity index (χ4n) is 2.21. The Morgan fingerprint density at radius 1 is 1.19 bits per heavy atom. The molecule has 1 aromatic carbocycles. The molecule has 5 nitrogen and oxygen atoms in total. The predicted molar refractivity (Wildman–Crippen MR) is 90.2 cm³/mol. The van der Waals surface area contributed by atoms with Gasteiger partial charge in [-0.1, -0.05) is 18.2 Å². The van der Waals surface area contributed by atoms with Gasteiger partial charge in [-0.05, 0) is 18.6 Å². The van der Waals surface area contributed by atoms with Gasteiger partial charge in [0.15, 0.2) is 0 Å². The lowest BCUT2D eigenvalue weighted by molar-refractivity contribution is 0.245. The van der Waals surface area contributed by atoms with Crippen molar-refractivity contribution in [2.75, 3.05) is 39.3 Å². The third-order valence-electron chi connectivity index (χ3n) is 3.31. The number of hydrogen-bond acceptors (Lipinski definition) is 4. The van der Waals surface area contributed by atoms with Gasteiger partial charge >= 0.3 is 0 Å². The first kappa shape index (κ1) is 20.6. The van der Waals surface area contributed by atoms with E-state index in [0.29, 0.717) is 11.4 Å². The molecule has 0 atom stereocenters. The highest BCUT2D eigenvalue weighted by atomic mass is 35.5. The first-order chi connectivity index (χ1) is 9.09. The first-order valence-electron chi connectivity index (χ1n) is 6.58. The molecule has 0 amide bonds. The zero-order valence-corrected chi connectivity index (χ0v) is 14.5. The van der Waals surface area contributed by atoms with E-state index in [0.717, 1.165) is 38.3 Å². The summed E-state index contributed by atoms with van der Waals surface area (Å²) in [6.45, 7) is 6.93. The van der Waals surface area contributed by atoms with E-state index in [2.05, 4.69) is 14.9 Å². The third kappa shape index (κ3) is 6.10. The number of benzene rings is 1. The maximum atomic E-state index is 12.2. The van der Waals surface area contributed by atoms with Crippen LogP contribution in [0, 0.1) is 6.92 Å². The Kier molecular flexibility index (Phi) is 9.44. The number of piperazine rings is 1. The summed E-state index contributed by atoms with van der Waals surface area (Å²) in [4.78, 5) is 2.63. The van der Waals surface area contributed by atoms with Crippen molar-refractivity contribution in [2.45, 2.75) is 11.8 Å². The maximum Gasteiger partial charge on any atom is 0.240 e. The average molecular weight is 356 g/mol. The number of sulfonamides is 1. The van der Waals surface area contributed by atoms with Crippen molar-refractivity contribution in [2.24, 2.45) is 0 Å². The standard InChI is InChI=1S/C13H21N3O2S.2ClH/c1-12-4-2-3-5-13(12)19(17,18)15-8-11-16-9-6-14-7-10-16;;/h2-5,14-15H,6-11H2,1H3;2*1H. The zero-order chi connectivity index (χ0) is 13.7. The lowest BCUT2D eigenvalue weighted by Crippen LogP contribution is -2.46. The maximum absolute atomic E-state index is 12.2. The molecule has 1 fully saturated rings. The molecule has 122 valence electrons. The summed E-state index contributed by atoms with van der Waals surface area (Å²) in [7, 11) is -3.38. The highest BCUT2D eigenvalue weighted by Gasteiger charge is 2.16. The van der Waals surface area contributed by atoms with Crippen LogP contribution in [0.25, 0.3) is 0 Å². The second kappa shape index (κ2) is 9.61. The number of hydrogen-bond donors (Lipinski definition) is 2. The molecule has 2 N–H and O–H groups in total. The summed E-state index contributed by atoms with van der Waals surface area (Å²) in [6.07, 6.45) is 0. The van der Waals surface area contributed by atoms with Gasteiger partial charge < -0.3 is 5.32 Å². The highest BCUT2D eigenvalue weighted by Crippen LogP contribution is 2.13. The van der Waals surface area contributed by atoms with Gasteiger partial charge in [-0.2, -0.15) is 0 Å². The zero-order valence-electron chi connectivity index (χ0n) is 12.0. The summed E-state index contributed by atoms with van der Waals surface area (Å²) in [5.41, 5.74) is 0.775. The minimum absolute atomic E-state index is 0. The molecule has 1 aromatic rings.